The van der Waals surface area contributed by atoms with Gasteiger partial charge >= 0.3 is 11.5 Å². The van der Waals surface area contributed by atoms with Crippen LogP contribution in [0.1, 0.15) is 81.8 Å². The summed E-state index contributed by atoms with van der Waals surface area (Å²) in [6, 6.07) is 4.28. The van der Waals surface area contributed by atoms with Gasteiger partial charge in [-0.05, 0) is 18.9 Å². The molecule has 0 aliphatic rings. The van der Waals surface area contributed by atoms with Crippen molar-refractivity contribution in [2.45, 2.75) is 85.0 Å². The average molecular weight is 363 g/mol. The standard InChI is InChI=1S/C18H31O.ClHO4/c1-4-5-6-7-8-9-10-11-12-13-18-15-16(2)14-17(3)19-18;2-1(3,4)5/h14-15H,4-13H2,1-3H3;(H,2,3,4,5)/q+1;/p-1. The summed E-state index contributed by atoms with van der Waals surface area (Å²) in [5.74, 6) is 2.19. The monoisotopic (exact) mass is 362 g/mol. The van der Waals surface area contributed by atoms with Crippen molar-refractivity contribution in [1.82, 2.24) is 0 Å². The average Bonchev–Trinajstić information content (AvgIpc) is 2.43. The van der Waals surface area contributed by atoms with E-state index in [2.05, 4.69) is 26.0 Å². The van der Waals surface area contributed by atoms with E-state index in [1.807, 2.05) is 6.92 Å². The second-order valence-electron chi connectivity index (χ2n) is 6.17. The molecule has 1 aromatic heterocycles. The quantitative estimate of drug-likeness (QED) is 0.463. The summed E-state index contributed by atoms with van der Waals surface area (Å²) in [7, 11) is -4.94. The molecule has 24 heavy (non-hydrogen) atoms. The van der Waals surface area contributed by atoms with Gasteiger partial charge in [-0.1, -0.05) is 58.3 Å². The normalized spacial score (nSPS) is 11.1. The molecule has 1 heterocycles. The lowest BCUT2D eigenvalue weighted by molar-refractivity contribution is -2.00. The van der Waals surface area contributed by atoms with Gasteiger partial charge in [0.1, 0.15) is 0 Å². The van der Waals surface area contributed by atoms with E-state index in [4.69, 9.17) is 23.1 Å². The van der Waals surface area contributed by atoms with Crippen molar-refractivity contribution in [3.63, 3.8) is 0 Å². The minimum atomic E-state index is -4.94. The Morgan fingerprint density at radius 3 is 1.71 bits per heavy atom. The van der Waals surface area contributed by atoms with Crippen LogP contribution in [-0.2, 0) is 6.42 Å². The van der Waals surface area contributed by atoms with Crippen molar-refractivity contribution in [3.8, 4) is 0 Å². The summed E-state index contributed by atoms with van der Waals surface area (Å²) in [4.78, 5) is 0. The fourth-order valence-electron chi connectivity index (χ4n) is 2.62. The van der Waals surface area contributed by atoms with E-state index in [0.29, 0.717) is 0 Å². The lowest BCUT2D eigenvalue weighted by Gasteiger charge is -2.17. The van der Waals surface area contributed by atoms with E-state index in [1.165, 1.54) is 63.4 Å². The molecule has 0 unspecified atom stereocenters. The highest BCUT2D eigenvalue weighted by Crippen LogP contribution is 2.14. The predicted molar refractivity (Wildman–Crippen MR) is 83.5 cm³/mol. The van der Waals surface area contributed by atoms with E-state index in [0.717, 1.165) is 17.9 Å². The number of hydrogen-bond acceptors (Lipinski definition) is 4. The number of aryl methyl sites for hydroxylation is 3. The first-order valence-corrected chi connectivity index (χ1v) is 9.98. The molecule has 0 aromatic carbocycles. The molecule has 0 bridgehead atoms. The van der Waals surface area contributed by atoms with Crippen LogP contribution >= 0.6 is 0 Å². The third-order valence-electron chi connectivity index (χ3n) is 3.64. The Morgan fingerprint density at radius 1 is 0.792 bits per heavy atom. The largest absolute Gasteiger partial charge is 0.329 e. The Balaban J connectivity index is 0.000000922. The molecule has 0 saturated carbocycles. The van der Waals surface area contributed by atoms with Crippen LogP contribution in [-0.4, -0.2) is 0 Å². The molecular weight excluding hydrogens is 332 g/mol. The number of unbranched alkanes of at least 4 members (excludes halogenated alkanes) is 8. The van der Waals surface area contributed by atoms with Gasteiger partial charge in [-0.15, -0.1) is 10.2 Å². The maximum Gasteiger partial charge on any atom is 0.329 e. The number of hydrogen-bond donors (Lipinski definition) is 0. The first-order chi connectivity index (χ1) is 11.2. The topological polar surface area (TPSA) is 104 Å². The lowest BCUT2D eigenvalue weighted by atomic mass is 10.1. The Morgan fingerprint density at radius 2 is 1.25 bits per heavy atom. The van der Waals surface area contributed by atoms with E-state index < -0.39 is 10.2 Å². The molecule has 5 nitrogen and oxygen atoms in total. The molecule has 0 saturated heterocycles. The number of halogens is 1. The second kappa shape index (κ2) is 13.6. The Labute approximate surface area is 148 Å². The van der Waals surface area contributed by atoms with Crippen molar-refractivity contribution in [1.29, 1.82) is 0 Å². The van der Waals surface area contributed by atoms with Gasteiger partial charge in [0.25, 0.3) is 0 Å². The van der Waals surface area contributed by atoms with Crippen molar-refractivity contribution in [2.24, 2.45) is 0 Å². The molecule has 0 N–H and O–H groups in total. The molecule has 0 spiro atoms. The van der Waals surface area contributed by atoms with Gasteiger partial charge in [0.15, 0.2) is 0 Å². The van der Waals surface area contributed by atoms with Crippen molar-refractivity contribution >= 4 is 0 Å². The molecule has 0 atom stereocenters. The van der Waals surface area contributed by atoms with Crippen molar-refractivity contribution in [3.05, 3.63) is 29.2 Å². The smallest absolute Gasteiger partial charge is 0.222 e. The zero-order valence-electron chi connectivity index (χ0n) is 15.1. The minimum absolute atomic E-state index is 1.03. The van der Waals surface area contributed by atoms with Gasteiger partial charge in [-0.25, -0.2) is 23.1 Å². The van der Waals surface area contributed by atoms with Crippen LogP contribution in [0, 0.1) is 24.1 Å². The van der Waals surface area contributed by atoms with Crippen LogP contribution in [0.15, 0.2) is 16.5 Å². The summed E-state index contributed by atoms with van der Waals surface area (Å²) < 4.78 is 39.7. The summed E-state index contributed by atoms with van der Waals surface area (Å²) in [6.45, 7) is 6.45. The summed E-state index contributed by atoms with van der Waals surface area (Å²) >= 11 is 0. The van der Waals surface area contributed by atoms with Crippen LogP contribution in [0.4, 0.5) is 0 Å². The molecule has 1 aromatic rings. The summed E-state index contributed by atoms with van der Waals surface area (Å²) in [5, 5.41) is 0. The first-order valence-electron chi connectivity index (χ1n) is 8.74. The minimum Gasteiger partial charge on any atom is -0.222 e. The Kier molecular flexibility index (Phi) is 13.2. The molecule has 0 amide bonds. The Bertz CT molecular complexity index is 406. The van der Waals surface area contributed by atoms with Crippen LogP contribution in [0.25, 0.3) is 0 Å². The van der Waals surface area contributed by atoms with Gasteiger partial charge in [-0.3, -0.25) is 0 Å². The van der Waals surface area contributed by atoms with Crippen LogP contribution < -0.4 is 18.6 Å². The zero-order chi connectivity index (χ0) is 18.4. The zero-order valence-corrected chi connectivity index (χ0v) is 15.9. The molecule has 140 valence electrons. The van der Waals surface area contributed by atoms with E-state index in [1.54, 1.807) is 0 Å². The van der Waals surface area contributed by atoms with Crippen LogP contribution in [0.3, 0.4) is 0 Å². The van der Waals surface area contributed by atoms with Gasteiger partial charge in [0.2, 0.25) is 0 Å². The highest BCUT2D eigenvalue weighted by atomic mass is 35.7. The predicted octanol–water partition coefficient (Wildman–Crippen LogP) is 1.49. The van der Waals surface area contributed by atoms with Crippen LogP contribution in [0.2, 0.25) is 0 Å². The third-order valence-corrected chi connectivity index (χ3v) is 3.64. The fourth-order valence-corrected chi connectivity index (χ4v) is 2.62. The SMILES string of the molecule is CCCCCCCCCCCc1cc(C)cc(C)[o+]1.[O-][Cl+3]([O-])([O-])[O-]. The summed E-state index contributed by atoms with van der Waals surface area (Å²) in [6.07, 6.45) is 13.5. The van der Waals surface area contributed by atoms with Gasteiger partial charge < -0.3 is 0 Å². The van der Waals surface area contributed by atoms with Crippen molar-refractivity contribution < 1.29 is 33.3 Å². The number of rotatable bonds is 10. The first kappa shape index (κ1) is 23.3. The molecular formula is C18H31ClO5. The Hall–Kier alpha value is -0.720. The molecule has 0 radical (unpaired) electrons. The third kappa shape index (κ3) is 17.6. The summed E-state index contributed by atoms with van der Waals surface area (Å²) in [5.41, 5.74) is 1.31. The maximum absolute atomic E-state index is 8.49. The molecule has 1 rings (SSSR count). The van der Waals surface area contributed by atoms with Crippen LogP contribution in [0.5, 0.6) is 0 Å². The lowest BCUT2D eigenvalue weighted by Crippen LogP contribution is -2.68. The fraction of sp³-hybridized carbons (Fsp3) is 0.722. The van der Waals surface area contributed by atoms with Gasteiger partial charge in [0.05, 0.1) is 13.3 Å². The van der Waals surface area contributed by atoms with Crippen molar-refractivity contribution in [2.75, 3.05) is 0 Å². The van der Waals surface area contributed by atoms with E-state index >= 15 is 0 Å². The highest BCUT2D eigenvalue weighted by molar-refractivity contribution is 5.15. The molecule has 0 aliphatic heterocycles. The molecule has 0 fully saturated rings. The highest BCUT2D eigenvalue weighted by Gasteiger charge is 2.10. The molecule has 0 aliphatic carbocycles. The van der Waals surface area contributed by atoms with Gasteiger partial charge in [-0.2, -0.15) is 0 Å². The maximum atomic E-state index is 8.49. The van der Waals surface area contributed by atoms with E-state index in [9.17, 15) is 0 Å². The second-order valence-corrected chi connectivity index (χ2v) is 6.92. The van der Waals surface area contributed by atoms with E-state index in [-0.39, 0.29) is 0 Å². The molecule has 6 heteroatoms. The van der Waals surface area contributed by atoms with Gasteiger partial charge in [0, 0.05) is 12.1 Å².